The topological polar surface area (TPSA) is 78.3 Å². The van der Waals surface area contributed by atoms with Crippen molar-refractivity contribution in [3.8, 4) is 11.5 Å². The van der Waals surface area contributed by atoms with E-state index in [0.717, 1.165) is 17.9 Å². The Labute approximate surface area is 189 Å². The molecule has 170 valence electrons. The summed E-state index contributed by atoms with van der Waals surface area (Å²) in [6, 6.07) is 10.2. The van der Waals surface area contributed by atoms with Gasteiger partial charge in [-0.25, -0.2) is 8.78 Å². The molecule has 3 rings (SSSR count). The number of benzene rings is 2. The van der Waals surface area contributed by atoms with Gasteiger partial charge >= 0.3 is 0 Å². The van der Waals surface area contributed by atoms with Gasteiger partial charge in [-0.15, -0.1) is 10.2 Å². The number of methoxy groups -OCH3 is 1. The normalized spacial score (nSPS) is 12.8. The molecule has 0 saturated heterocycles. The molecule has 3 aromatic rings. The highest BCUT2D eigenvalue weighted by molar-refractivity contribution is 8.00. The van der Waals surface area contributed by atoms with Crippen LogP contribution >= 0.6 is 11.8 Å². The fourth-order valence-electron chi connectivity index (χ4n) is 2.95. The molecule has 0 fully saturated rings. The minimum atomic E-state index is -0.830. The molecule has 2 aromatic carbocycles. The van der Waals surface area contributed by atoms with Crippen molar-refractivity contribution < 1.29 is 23.0 Å². The maximum absolute atomic E-state index is 13.9. The van der Waals surface area contributed by atoms with Crippen LogP contribution < -0.4 is 14.8 Å². The van der Waals surface area contributed by atoms with Crippen molar-refractivity contribution in [2.75, 3.05) is 12.4 Å². The molecule has 0 spiro atoms. The first-order valence-corrected chi connectivity index (χ1v) is 10.8. The zero-order chi connectivity index (χ0) is 23.3. The molecule has 1 N–H and O–H groups in total. The summed E-state index contributed by atoms with van der Waals surface area (Å²) in [4.78, 5) is 12.6. The molecule has 0 aliphatic rings. The third kappa shape index (κ3) is 5.56. The van der Waals surface area contributed by atoms with E-state index >= 15 is 0 Å². The zero-order valence-corrected chi connectivity index (χ0v) is 19.0. The number of hydrogen-bond acceptors (Lipinski definition) is 6. The summed E-state index contributed by atoms with van der Waals surface area (Å²) >= 11 is 1.21. The summed E-state index contributed by atoms with van der Waals surface area (Å²) in [5, 5.41) is 10.9. The van der Waals surface area contributed by atoms with Gasteiger partial charge in [0.15, 0.2) is 17.1 Å². The highest BCUT2D eigenvalue weighted by Crippen LogP contribution is 2.29. The summed E-state index contributed by atoms with van der Waals surface area (Å²) in [5.74, 6) is 0.0239. The number of hydrogen-bond donors (Lipinski definition) is 1. The fourth-order valence-corrected chi connectivity index (χ4v) is 3.87. The average Bonchev–Trinajstić information content (AvgIpc) is 3.14. The van der Waals surface area contributed by atoms with E-state index in [1.54, 1.807) is 43.0 Å². The summed E-state index contributed by atoms with van der Waals surface area (Å²) in [5.41, 5.74) is -0.0735. The van der Waals surface area contributed by atoms with Gasteiger partial charge in [-0.05, 0) is 49.7 Å². The van der Waals surface area contributed by atoms with Crippen LogP contribution in [0.3, 0.4) is 0 Å². The Morgan fingerprint density at radius 3 is 2.47 bits per heavy atom. The second-order valence-electron chi connectivity index (χ2n) is 6.96. The van der Waals surface area contributed by atoms with E-state index in [0.29, 0.717) is 23.2 Å². The van der Waals surface area contributed by atoms with Crippen molar-refractivity contribution >= 4 is 23.4 Å². The molecule has 7 nitrogen and oxygen atoms in total. The number of carbonyl (C=O) groups excluding carboxylic acids is 1. The number of halogens is 2. The minimum Gasteiger partial charge on any atom is -0.497 e. The Kier molecular flexibility index (Phi) is 7.68. The molecule has 2 unspecified atom stereocenters. The van der Waals surface area contributed by atoms with Crippen LogP contribution in [0.1, 0.15) is 32.2 Å². The predicted molar refractivity (Wildman–Crippen MR) is 118 cm³/mol. The number of carbonyl (C=O) groups is 1. The number of rotatable bonds is 9. The SMILES string of the molecule is CCC(Sc1nnc(C(C)Oc2ccc(OC)cc2)n1C)C(=O)Nc1ccc(F)cc1F. The van der Waals surface area contributed by atoms with Gasteiger partial charge in [-0.1, -0.05) is 18.7 Å². The van der Waals surface area contributed by atoms with Crippen molar-refractivity contribution in [1.29, 1.82) is 0 Å². The minimum absolute atomic E-state index is 0.0735. The molecular weight excluding hydrogens is 438 g/mol. The van der Waals surface area contributed by atoms with E-state index in [2.05, 4.69) is 15.5 Å². The van der Waals surface area contributed by atoms with Crippen LogP contribution in [0.25, 0.3) is 0 Å². The van der Waals surface area contributed by atoms with Crippen molar-refractivity contribution in [3.63, 3.8) is 0 Å². The number of nitrogens with zero attached hydrogens (tertiary/aromatic N) is 3. The molecule has 0 radical (unpaired) electrons. The highest BCUT2D eigenvalue weighted by atomic mass is 32.2. The number of nitrogens with one attached hydrogen (secondary N) is 1. The number of anilines is 1. The third-order valence-electron chi connectivity index (χ3n) is 4.70. The lowest BCUT2D eigenvalue weighted by Crippen LogP contribution is -2.25. The molecule has 0 aliphatic heterocycles. The second-order valence-corrected chi connectivity index (χ2v) is 8.13. The van der Waals surface area contributed by atoms with Crippen LogP contribution in [0.2, 0.25) is 0 Å². The standard InChI is InChI=1S/C22H24F2N4O3S/c1-5-19(21(29)25-18-11-6-14(23)12-17(18)24)32-22-27-26-20(28(22)3)13(2)31-16-9-7-15(30-4)8-10-16/h6-13,19H,5H2,1-4H3,(H,25,29). The number of amides is 1. The van der Waals surface area contributed by atoms with Crippen molar-refractivity contribution in [2.24, 2.45) is 7.05 Å². The lowest BCUT2D eigenvalue weighted by Gasteiger charge is -2.16. The summed E-state index contributed by atoms with van der Waals surface area (Å²) < 4.78 is 39.8. The molecule has 1 amide bonds. The van der Waals surface area contributed by atoms with Gasteiger partial charge in [0.05, 0.1) is 18.0 Å². The van der Waals surface area contributed by atoms with Gasteiger partial charge in [0.1, 0.15) is 23.1 Å². The van der Waals surface area contributed by atoms with Gasteiger partial charge in [0.25, 0.3) is 0 Å². The van der Waals surface area contributed by atoms with Gasteiger partial charge in [0.2, 0.25) is 5.91 Å². The average molecular weight is 463 g/mol. The lowest BCUT2D eigenvalue weighted by molar-refractivity contribution is -0.115. The Morgan fingerprint density at radius 1 is 1.16 bits per heavy atom. The molecule has 32 heavy (non-hydrogen) atoms. The van der Waals surface area contributed by atoms with E-state index in [1.165, 1.54) is 17.8 Å². The third-order valence-corrected chi connectivity index (χ3v) is 6.10. The predicted octanol–water partition coefficient (Wildman–Crippen LogP) is 4.75. The van der Waals surface area contributed by atoms with E-state index in [9.17, 15) is 13.6 Å². The quantitative estimate of drug-likeness (QED) is 0.463. The van der Waals surface area contributed by atoms with E-state index in [4.69, 9.17) is 9.47 Å². The van der Waals surface area contributed by atoms with Gasteiger partial charge in [-0.3, -0.25) is 4.79 Å². The monoisotopic (exact) mass is 462 g/mol. The fraction of sp³-hybridized carbons (Fsp3) is 0.318. The number of thioether (sulfide) groups is 1. The van der Waals surface area contributed by atoms with Gasteiger partial charge < -0.3 is 19.4 Å². The molecule has 10 heteroatoms. The first-order chi connectivity index (χ1) is 15.3. The second kappa shape index (κ2) is 10.4. The highest BCUT2D eigenvalue weighted by Gasteiger charge is 2.24. The summed E-state index contributed by atoms with van der Waals surface area (Å²) in [7, 11) is 3.38. The van der Waals surface area contributed by atoms with Crippen LogP contribution in [0.5, 0.6) is 11.5 Å². The van der Waals surface area contributed by atoms with Crippen LogP contribution in [-0.2, 0) is 11.8 Å². The number of aromatic nitrogens is 3. The molecule has 1 heterocycles. The largest absolute Gasteiger partial charge is 0.497 e. The van der Waals surface area contributed by atoms with Crippen LogP contribution in [0.4, 0.5) is 14.5 Å². The molecular formula is C22H24F2N4O3S. The molecule has 2 atom stereocenters. The van der Waals surface area contributed by atoms with Gasteiger partial charge in [-0.2, -0.15) is 0 Å². The maximum atomic E-state index is 13.9. The Hall–Kier alpha value is -3.14. The smallest absolute Gasteiger partial charge is 0.238 e. The Bertz CT molecular complexity index is 1080. The lowest BCUT2D eigenvalue weighted by atomic mass is 10.2. The van der Waals surface area contributed by atoms with Crippen LogP contribution in [-0.4, -0.2) is 33.0 Å². The van der Waals surface area contributed by atoms with Crippen LogP contribution in [0.15, 0.2) is 47.6 Å². The first kappa shape index (κ1) is 23.5. The molecule has 0 aliphatic carbocycles. The Balaban J connectivity index is 1.67. The van der Waals surface area contributed by atoms with Crippen molar-refractivity contribution in [1.82, 2.24) is 14.8 Å². The first-order valence-electron chi connectivity index (χ1n) is 9.95. The molecule has 1 aromatic heterocycles. The zero-order valence-electron chi connectivity index (χ0n) is 18.1. The van der Waals surface area contributed by atoms with E-state index in [1.807, 2.05) is 13.8 Å². The van der Waals surface area contributed by atoms with Crippen molar-refractivity contribution in [2.45, 2.75) is 36.8 Å². The molecule has 0 saturated carbocycles. The number of ether oxygens (including phenoxy) is 2. The summed E-state index contributed by atoms with van der Waals surface area (Å²) in [6.07, 6.45) is 0.0804. The van der Waals surface area contributed by atoms with E-state index < -0.39 is 28.9 Å². The van der Waals surface area contributed by atoms with Crippen molar-refractivity contribution in [3.05, 3.63) is 59.9 Å². The summed E-state index contributed by atoms with van der Waals surface area (Å²) in [6.45, 7) is 3.69. The van der Waals surface area contributed by atoms with Crippen LogP contribution in [0, 0.1) is 11.6 Å². The maximum Gasteiger partial charge on any atom is 0.238 e. The molecule has 0 bridgehead atoms. The Morgan fingerprint density at radius 2 is 1.84 bits per heavy atom. The van der Waals surface area contributed by atoms with E-state index in [-0.39, 0.29) is 5.69 Å². The van der Waals surface area contributed by atoms with Gasteiger partial charge in [0, 0.05) is 13.1 Å².